The number of rotatable bonds is 3. The smallest absolute Gasteiger partial charge is 0.348 e. The van der Waals surface area contributed by atoms with Crippen molar-refractivity contribution >= 4 is 17.3 Å². The molecule has 0 fully saturated rings. The van der Waals surface area contributed by atoms with Crippen LogP contribution < -0.4 is 16.8 Å². The number of para-hydroxylation sites is 1. The van der Waals surface area contributed by atoms with Crippen LogP contribution in [-0.2, 0) is 0 Å². The Bertz CT molecular complexity index is 809. The van der Waals surface area contributed by atoms with Crippen LogP contribution in [0.1, 0.15) is 28.6 Å². The Morgan fingerprint density at radius 3 is 2.68 bits per heavy atom. The average molecular weight is 301 g/mol. The number of hydrogen-bond acceptors (Lipinski definition) is 6. The van der Waals surface area contributed by atoms with E-state index in [9.17, 15) is 14.7 Å². The van der Waals surface area contributed by atoms with Gasteiger partial charge in [-0.2, -0.15) is 5.10 Å². The van der Waals surface area contributed by atoms with Gasteiger partial charge in [0, 0.05) is 11.8 Å². The number of nitrogen functional groups attached to an aromatic ring is 1. The van der Waals surface area contributed by atoms with Crippen LogP contribution in [0.15, 0.2) is 44.6 Å². The minimum absolute atomic E-state index is 0.105. The number of hydrazone groups is 1. The Hall–Kier alpha value is -3.09. The van der Waals surface area contributed by atoms with Gasteiger partial charge in [0.05, 0.1) is 11.3 Å². The molecule has 7 heteroatoms. The van der Waals surface area contributed by atoms with Crippen molar-refractivity contribution in [3.05, 3.63) is 57.6 Å². The van der Waals surface area contributed by atoms with Gasteiger partial charge in [0.15, 0.2) is 0 Å². The van der Waals surface area contributed by atoms with Gasteiger partial charge in [0.1, 0.15) is 17.1 Å². The SMILES string of the molecule is C/C(=N/NC(=O)c1ccccc1N)c1c(O)cc(C)oc1=O. The third-order valence-corrected chi connectivity index (χ3v) is 2.95. The lowest BCUT2D eigenvalue weighted by Crippen LogP contribution is -2.22. The number of benzene rings is 1. The molecule has 22 heavy (non-hydrogen) atoms. The van der Waals surface area contributed by atoms with E-state index in [1.807, 2.05) is 0 Å². The first-order valence-electron chi connectivity index (χ1n) is 6.43. The zero-order valence-corrected chi connectivity index (χ0v) is 12.1. The number of carbonyl (C=O) groups is 1. The van der Waals surface area contributed by atoms with Gasteiger partial charge in [-0.3, -0.25) is 4.79 Å². The maximum Gasteiger partial charge on any atom is 0.348 e. The van der Waals surface area contributed by atoms with E-state index in [2.05, 4.69) is 10.5 Å². The van der Waals surface area contributed by atoms with E-state index in [0.29, 0.717) is 5.69 Å². The molecule has 2 aromatic rings. The third-order valence-electron chi connectivity index (χ3n) is 2.95. The monoisotopic (exact) mass is 301 g/mol. The molecule has 1 amide bonds. The molecule has 114 valence electrons. The lowest BCUT2D eigenvalue weighted by molar-refractivity contribution is 0.0955. The normalized spacial score (nSPS) is 11.3. The molecule has 0 aliphatic rings. The minimum Gasteiger partial charge on any atom is -0.507 e. The zero-order chi connectivity index (χ0) is 16.3. The highest BCUT2D eigenvalue weighted by molar-refractivity contribution is 6.03. The van der Waals surface area contributed by atoms with Crippen LogP contribution in [0, 0.1) is 6.92 Å². The molecule has 0 saturated carbocycles. The number of anilines is 1. The quantitative estimate of drug-likeness (QED) is 0.450. The van der Waals surface area contributed by atoms with Crippen LogP contribution in [0.3, 0.4) is 0 Å². The van der Waals surface area contributed by atoms with Crippen molar-refractivity contribution in [2.24, 2.45) is 5.10 Å². The number of amides is 1. The molecule has 0 radical (unpaired) electrons. The lowest BCUT2D eigenvalue weighted by atomic mass is 10.1. The first kappa shape index (κ1) is 15.3. The highest BCUT2D eigenvalue weighted by atomic mass is 16.4. The van der Waals surface area contributed by atoms with E-state index < -0.39 is 11.5 Å². The summed E-state index contributed by atoms with van der Waals surface area (Å²) in [5.41, 5.74) is 7.83. The molecule has 4 N–H and O–H groups in total. The number of nitrogens with two attached hydrogens (primary N) is 1. The predicted molar refractivity (Wildman–Crippen MR) is 81.9 cm³/mol. The van der Waals surface area contributed by atoms with Crippen molar-refractivity contribution < 1.29 is 14.3 Å². The molecule has 0 bridgehead atoms. The molecule has 7 nitrogen and oxygen atoms in total. The molecule has 1 aromatic heterocycles. The number of aryl methyl sites for hydroxylation is 1. The molecule has 0 atom stereocenters. The summed E-state index contributed by atoms with van der Waals surface area (Å²) in [6.45, 7) is 3.01. The van der Waals surface area contributed by atoms with Gasteiger partial charge in [-0.1, -0.05) is 12.1 Å². The van der Waals surface area contributed by atoms with Crippen molar-refractivity contribution in [2.75, 3.05) is 5.73 Å². The fourth-order valence-electron chi connectivity index (χ4n) is 1.88. The van der Waals surface area contributed by atoms with Crippen LogP contribution in [0.25, 0.3) is 0 Å². The van der Waals surface area contributed by atoms with Crippen LogP contribution in [0.5, 0.6) is 5.75 Å². The number of aromatic hydroxyl groups is 1. The van der Waals surface area contributed by atoms with Gasteiger partial charge < -0.3 is 15.3 Å². The molecular weight excluding hydrogens is 286 g/mol. The first-order chi connectivity index (χ1) is 10.4. The predicted octanol–water partition coefficient (Wildman–Crippen LogP) is 1.39. The summed E-state index contributed by atoms with van der Waals surface area (Å²) >= 11 is 0. The fraction of sp³-hybridized carbons (Fsp3) is 0.133. The van der Waals surface area contributed by atoms with Crippen molar-refractivity contribution in [2.45, 2.75) is 13.8 Å². The summed E-state index contributed by atoms with van der Waals surface area (Å²) < 4.78 is 4.89. The summed E-state index contributed by atoms with van der Waals surface area (Å²) in [4.78, 5) is 23.7. The Kier molecular flexibility index (Phi) is 4.26. The molecule has 2 rings (SSSR count). The van der Waals surface area contributed by atoms with Gasteiger partial charge in [-0.25, -0.2) is 10.2 Å². The van der Waals surface area contributed by atoms with Gasteiger partial charge in [-0.05, 0) is 26.0 Å². The summed E-state index contributed by atoms with van der Waals surface area (Å²) in [5, 5.41) is 13.6. The number of hydrogen-bond donors (Lipinski definition) is 3. The van der Waals surface area contributed by atoms with Gasteiger partial charge in [-0.15, -0.1) is 0 Å². The lowest BCUT2D eigenvalue weighted by Gasteiger charge is -2.06. The van der Waals surface area contributed by atoms with Crippen molar-refractivity contribution in [3.63, 3.8) is 0 Å². The van der Waals surface area contributed by atoms with E-state index in [1.165, 1.54) is 19.9 Å². The first-order valence-corrected chi connectivity index (χ1v) is 6.43. The number of nitrogens with zero attached hydrogens (tertiary/aromatic N) is 1. The van der Waals surface area contributed by atoms with E-state index in [-0.39, 0.29) is 28.3 Å². The van der Waals surface area contributed by atoms with E-state index in [4.69, 9.17) is 10.2 Å². The summed E-state index contributed by atoms with van der Waals surface area (Å²) in [6.07, 6.45) is 0. The van der Waals surface area contributed by atoms with Gasteiger partial charge in [0.2, 0.25) is 0 Å². The Labute approximate surface area is 126 Å². The van der Waals surface area contributed by atoms with Crippen LogP contribution in [-0.4, -0.2) is 16.7 Å². The van der Waals surface area contributed by atoms with Crippen molar-refractivity contribution in [3.8, 4) is 5.75 Å². The summed E-state index contributed by atoms with van der Waals surface area (Å²) in [6, 6.07) is 7.81. The average Bonchev–Trinajstić information content (AvgIpc) is 2.44. The van der Waals surface area contributed by atoms with E-state index >= 15 is 0 Å². The second-order valence-electron chi connectivity index (χ2n) is 4.63. The summed E-state index contributed by atoms with van der Waals surface area (Å²) in [7, 11) is 0. The van der Waals surface area contributed by atoms with Gasteiger partial charge in [0.25, 0.3) is 5.91 Å². The molecule has 0 saturated heterocycles. The minimum atomic E-state index is -0.729. The Morgan fingerprint density at radius 2 is 2.05 bits per heavy atom. The molecule has 1 heterocycles. The number of carbonyl (C=O) groups excluding carboxylic acids is 1. The zero-order valence-electron chi connectivity index (χ0n) is 12.1. The second kappa shape index (κ2) is 6.13. The fourth-order valence-corrected chi connectivity index (χ4v) is 1.88. The van der Waals surface area contributed by atoms with Crippen LogP contribution in [0.2, 0.25) is 0 Å². The third kappa shape index (κ3) is 3.14. The maximum atomic E-state index is 12.0. The Balaban J connectivity index is 2.26. The standard InChI is InChI=1S/C15H15N3O4/c1-8-7-12(19)13(15(21)22-8)9(2)17-18-14(20)10-5-3-4-6-11(10)16/h3-7,19H,16H2,1-2H3,(H,18,20)/b17-9-. The van der Waals surface area contributed by atoms with Gasteiger partial charge >= 0.3 is 5.63 Å². The molecule has 0 spiro atoms. The van der Waals surface area contributed by atoms with E-state index in [1.54, 1.807) is 24.3 Å². The number of nitrogens with one attached hydrogen (secondary N) is 1. The molecule has 1 aromatic carbocycles. The highest BCUT2D eigenvalue weighted by Crippen LogP contribution is 2.15. The van der Waals surface area contributed by atoms with E-state index in [0.717, 1.165) is 0 Å². The van der Waals surface area contributed by atoms with Crippen LogP contribution >= 0.6 is 0 Å². The van der Waals surface area contributed by atoms with Crippen LogP contribution in [0.4, 0.5) is 5.69 Å². The second-order valence-corrected chi connectivity index (χ2v) is 4.63. The summed E-state index contributed by atoms with van der Waals surface area (Å²) in [5.74, 6) is -0.503. The molecular formula is C15H15N3O4. The molecule has 0 unspecified atom stereocenters. The van der Waals surface area contributed by atoms with Crippen molar-refractivity contribution in [1.82, 2.24) is 5.43 Å². The maximum absolute atomic E-state index is 12.0. The topological polar surface area (TPSA) is 118 Å². The Morgan fingerprint density at radius 1 is 1.36 bits per heavy atom. The highest BCUT2D eigenvalue weighted by Gasteiger charge is 2.14. The molecule has 0 aliphatic heterocycles. The van der Waals surface area contributed by atoms with Crippen molar-refractivity contribution in [1.29, 1.82) is 0 Å². The largest absolute Gasteiger partial charge is 0.507 e. The molecule has 0 aliphatic carbocycles.